The van der Waals surface area contributed by atoms with Gasteiger partial charge in [0.15, 0.2) is 0 Å². The quantitative estimate of drug-likeness (QED) is 0.844. The largest absolute Gasteiger partial charge is 0.464 e. The van der Waals surface area contributed by atoms with E-state index in [1.54, 1.807) is 6.26 Å². The van der Waals surface area contributed by atoms with Gasteiger partial charge in [-0.25, -0.2) is 0 Å². The fourth-order valence-corrected chi connectivity index (χ4v) is 2.68. The number of halogens is 1. The Morgan fingerprint density at radius 1 is 1.30 bits per heavy atom. The first-order chi connectivity index (χ1) is 10.4. The van der Waals surface area contributed by atoms with Gasteiger partial charge < -0.3 is 15.5 Å². The number of rotatable bonds is 6. The van der Waals surface area contributed by atoms with Crippen molar-refractivity contribution in [3.05, 3.63) is 35.1 Å². The molecule has 0 aliphatic rings. The fraction of sp³-hybridized carbons (Fsp3) is 0.500. The molecule has 0 aliphatic heterocycles. The van der Waals surface area contributed by atoms with Crippen LogP contribution < -0.4 is 11.1 Å². The lowest BCUT2D eigenvalue weighted by atomic mass is 9.95. The van der Waals surface area contributed by atoms with E-state index < -0.39 is 0 Å². The predicted molar refractivity (Wildman–Crippen MR) is 97.3 cm³/mol. The van der Waals surface area contributed by atoms with Crippen LogP contribution in [0.5, 0.6) is 0 Å². The normalized spacial score (nSPS) is 12.3. The summed E-state index contributed by atoms with van der Waals surface area (Å²) in [5.74, 6) is 0.460. The summed E-state index contributed by atoms with van der Waals surface area (Å²) in [7, 11) is 0. The Morgan fingerprint density at radius 2 is 2.00 bits per heavy atom. The highest BCUT2D eigenvalue weighted by molar-refractivity contribution is 5.88. The number of nitrogens with one attached hydrogen (secondary N) is 1. The van der Waals surface area contributed by atoms with Gasteiger partial charge in [0.1, 0.15) is 5.58 Å². The predicted octanol–water partition coefficient (Wildman–Crippen LogP) is 3.68. The Balaban J connectivity index is 0.00000264. The van der Waals surface area contributed by atoms with Gasteiger partial charge in [-0.15, -0.1) is 12.4 Å². The van der Waals surface area contributed by atoms with Crippen LogP contribution in [-0.2, 0) is 11.2 Å². The van der Waals surface area contributed by atoms with Crippen LogP contribution in [-0.4, -0.2) is 18.5 Å². The van der Waals surface area contributed by atoms with Crippen molar-refractivity contribution in [2.24, 2.45) is 5.73 Å². The summed E-state index contributed by atoms with van der Waals surface area (Å²) in [4.78, 5) is 12.0. The lowest BCUT2D eigenvalue weighted by molar-refractivity contribution is -0.120. The molecule has 4 nitrogen and oxygen atoms in total. The van der Waals surface area contributed by atoms with Gasteiger partial charge >= 0.3 is 0 Å². The van der Waals surface area contributed by atoms with Crippen LogP contribution in [0.1, 0.15) is 49.8 Å². The number of hydrogen-bond donors (Lipinski definition) is 2. The van der Waals surface area contributed by atoms with E-state index in [-0.39, 0.29) is 24.4 Å². The highest BCUT2D eigenvalue weighted by Gasteiger charge is 2.13. The van der Waals surface area contributed by atoms with E-state index in [4.69, 9.17) is 10.2 Å². The zero-order valence-corrected chi connectivity index (χ0v) is 15.1. The second-order valence-corrected chi connectivity index (χ2v) is 6.41. The summed E-state index contributed by atoms with van der Waals surface area (Å²) in [5, 5.41) is 3.94. The van der Waals surface area contributed by atoms with Gasteiger partial charge in [0.2, 0.25) is 5.91 Å². The van der Waals surface area contributed by atoms with E-state index >= 15 is 0 Å². The van der Waals surface area contributed by atoms with E-state index in [2.05, 4.69) is 38.2 Å². The summed E-state index contributed by atoms with van der Waals surface area (Å²) < 4.78 is 5.61. The summed E-state index contributed by atoms with van der Waals surface area (Å²) in [6.45, 7) is 9.00. The maximum Gasteiger partial charge on any atom is 0.224 e. The lowest BCUT2D eigenvalue weighted by Crippen LogP contribution is -2.29. The molecule has 2 aromatic rings. The Morgan fingerprint density at radius 3 is 2.61 bits per heavy atom. The highest BCUT2D eigenvalue weighted by atomic mass is 35.5. The van der Waals surface area contributed by atoms with Crippen LogP contribution in [0.2, 0.25) is 0 Å². The molecule has 1 aromatic heterocycles. The first-order valence-electron chi connectivity index (χ1n) is 7.91. The van der Waals surface area contributed by atoms with Gasteiger partial charge in [-0.1, -0.05) is 13.8 Å². The molecule has 0 radical (unpaired) electrons. The second kappa shape index (κ2) is 8.37. The van der Waals surface area contributed by atoms with Crippen molar-refractivity contribution in [3.8, 4) is 0 Å². The summed E-state index contributed by atoms with van der Waals surface area (Å²) >= 11 is 0. The van der Waals surface area contributed by atoms with E-state index in [0.717, 1.165) is 23.0 Å². The monoisotopic (exact) mass is 338 g/mol. The van der Waals surface area contributed by atoms with Crippen molar-refractivity contribution in [3.63, 3.8) is 0 Å². The smallest absolute Gasteiger partial charge is 0.224 e. The van der Waals surface area contributed by atoms with Crippen LogP contribution in [0.3, 0.4) is 0 Å². The van der Waals surface area contributed by atoms with Gasteiger partial charge in [0, 0.05) is 23.5 Å². The number of carbonyl (C=O) groups is 1. The summed E-state index contributed by atoms with van der Waals surface area (Å²) in [6, 6.07) is 4.32. The number of hydrogen-bond acceptors (Lipinski definition) is 3. The molecule has 5 heteroatoms. The first kappa shape index (κ1) is 19.5. The number of aryl methyl sites for hydroxylation is 1. The number of benzene rings is 1. The van der Waals surface area contributed by atoms with Crippen molar-refractivity contribution in [1.82, 2.24) is 5.32 Å². The van der Waals surface area contributed by atoms with Gasteiger partial charge in [-0.2, -0.15) is 0 Å². The third-order valence-electron chi connectivity index (χ3n) is 3.94. The Bertz CT molecular complexity index is 662. The molecule has 0 saturated heterocycles. The molecule has 23 heavy (non-hydrogen) atoms. The maximum absolute atomic E-state index is 12.0. The van der Waals surface area contributed by atoms with Crippen LogP contribution in [0.25, 0.3) is 11.0 Å². The van der Waals surface area contributed by atoms with Crippen LogP contribution in [0, 0.1) is 6.92 Å². The van der Waals surface area contributed by atoms with E-state index in [1.807, 2.05) is 6.92 Å². The van der Waals surface area contributed by atoms with Crippen molar-refractivity contribution >= 4 is 29.3 Å². The third kappa shape index (κ3) is 4.98. The van der Waals surface area contributed by atoms with E-state index in [0.29, 0.717) is 18.9 Å². The molecule has 0 aliphatic carbocycles. The van der Waals surface area contributed by atoms with Gasteiger partial charge in [0.25, 0.3) is 0 Å². The molecule has 3 N–H and O–H groups in total. The van der Waals surface area contributed by atoms with Crippen LogP contribution in [0.15, 0.2) is 22.8 Å². The molecule has 1 atom stereocenters. The molecule has 128 valence electrons. The molecule has 1 unspecified atom stereocenters. The summed E-state index contributed by atoms with van der Waals surface area (Å²) in [5.41, 5.74) is 9.99. The number of carbonyl (C=O) groups excluding carboxylic acids is 1. The molecule has 2 rings (SSSR count). The Labute approximate surface area is 144 Å². The number of furan rings is 1. The second-order valence-electron chi connectivity index (χ2n) is 6.41. The van der Waals surface area contributed by atoms with Gasteiger partial charge in [0.05, 0.1) is 12.7 Å². The zero-order valence-electron chi connectivity index (χ0n) is 14.3. The molecule has 0 bridgehead atoms. The van der Waals surface area contributed by atoms with E-state index in [9.17, 15) is 4.79 Å². The zero-order chi connectivity index (χ0) is 16.3. The first-order valence-corrected chi connectivity index (χ1v) is 7.91. The Kier molecular flexibility index (Phi) is 7.10. The van der Waals surface area contributed by atoms with E-state index in [1.165, 1.54) is 11.1 Å². The molecule has 1 amide bonds. The van der Waals surface area contributed by atoms with Crippen molar-refractivity contribution in [1.29, 1.82) is 0 Å². The van der Waals surface area contributed by atoms with Gasteiger partial charge in [-0.05, 0) is 49.4 Å². The number of nitrogens with two attached hydrogens (primary N) is 1. The van der Waals surface area contributed by atoms with Crippen molar-refractivity contribution in [2.75, 3.05) is 6.54 Å². The third-order valence-corrected chi connectivity index (χ3v) is 3.94. The van der Waals surface area contributed by atoms with Crippen molar-refractivity contribution in [2.45, 2.75) is 52.5 Å². The minimum absolute atomic E-state index is 0. The summed E-state index contributed by atoms with van der Waals surface area (Å²) in [6.07, 6.45) is 2.82. The Hall–Kier alpha value is -1.52. The number of amides is 1. The maximum atomic E-state index is 12.0. The molecule has 0 spiro atoms. The minimum Gasteiger partial charge on any atom is -0.464 e. The average molecular weight is 339 g/mol. The lowest BCUT2D eigenvalue weighted by Gasteiger charge is -2.10. The number of fused-ring (bicyclic) bond motifs is 1. The standard InChI is InChI=1S/C18H26N2O2.ClH/c1-11(2)15-9-16-14(10-22-17(16)7-12(15)3)8-18(21)20-6-5-13(4)19;/h7,9-11,13H,5-6,8,19H2,1-4H3,(H,20,21);1H. The molecule has 0 fully saturated rings. The average Bonchev–Trinajstić information content (AvgIpc) is 2.79. The molecule has 1 heterocycles. The topological polar surface area (TPSA) is 68.3 Å². The highest BCUT2D eigenvalue weighted by Crippen LogP contribution is 2.29. The molecule has 1 aromatic carbocycles. The minimum atomic E-state index is 0. The van der Waals surface area contributed by atoms with Crippen LogP contribution >= 0.6 is 12.4 Å². The van der Waals surface area contributed by atoms with Crippen molar-refractivity contribution < 1.29 is 9.21 Å². The van der Waals surface area contributed by atoms with Crippen LogP contribution in [0.4, 0.5) is 0 Å². The molecular weight excluding hydrogens is 312 g/mol. The van der Waals surface area contributed by atoms with Gasteiger partial charge in [-0.3, -0.25) is 4.79 Å². The fourth-order valence-electron chi connectivity index (χ4n) is 2.68. The molecular formula is C18H27ClN2O2. The SMILES string of the molecule is Cc1cc2occ(CC(=O)NCCC(C)N)c2cc1C(C)C.Cl. The molecule has 0 saturated carbocycles.